The van der Waals surface area contributed by atoms with E-state index in [1.807, 2.05) is 12.1 Å². The summed E-state index contributed by atoms with van der Waals surface area (Å²) in [5, 5.41) is 0. The minimum atomic E-state index is -0.237. The van der Waals surface area contributed by atoms with Crippen molar-refractivity contribution in [3.63, 3.8) is 0 Å². The third kappa shape index (κ3) is 9.64. The molecule has 0 amide bonds. The molecule has 1 rings (SSSR count). The van der Waals surface area contributed by atoms with E-state index in [1.165, 1.54) is 24.0 Å². The molecule has 0 fully saturated rings. The highest BCUT2D eigenvalue weighted by Crippen LogP contribution is 2.15. The Labute approximate surface area is 154 Å². The summed E-state index contributed by atoms with van der Waals surface area (Å²) in [6.45, 7) is 10.3. The Morgan fingerprint density at radius 3 is 2.12 bits per heavy atom. The van der Waals surface area contributed by atoms with Gasteiger partial charge in [0.25, 0.3) is 0 Å². The van der Waals surface area contributed by atoms with Crippen molar-refractivity contribution in [1.82, 2.24) is 0 Å². The lowest BCUT2D eigenvalue weighted by Crippen LogP contribution is -2.12. The summed E-state index contributed by atoms with van der Waals surface area (Å²) in [6, 6.07) is 6.15. The maximum absolute atomic E-state index is 12.3. The van der Waals surface area contributed by atoms with Gasteiger partial charge in [0.15, 0.2) is 0 Å². The molecule has 0 saturated carbocycles. The lowest BCUT2D eigenvalue weighted by Gasteiger charge is -2.10. The number of hydrogen-bond donors (Lipinski definition) is 0. The van der Waals surface area contributed by atoms with Gasteiger partial charge in [-0.2, -0.15) is 0 Å². The molecule has 0 saturated heterocycles. The summed E-state index contributed by atoms with van der Waals surface area (Å²) in [6.07, 6.45) is 7.66. The zero-order valence-corrected chi connectivity index (χ0v) is 16.6. The molecule has 3 heteroatoms. The Morgan fingerprint density at radius 2 is 1.56 bits per heavy atom. The lowest BCUT2D eigenvalue weighted by atomic mass is 10.00. The van der Waals surface area contributed by atoms with Crippen LogP contribution in [0.3, 0.4) is 0 Å². The summed E-state index contributed by atoms with van der Waals surface area (Å²) >= 11 is 0. The van der Waals surface area contributed by atoms with Crippen molar-refractivity contribution in [3.8, 4) is 0 Å². The van der Waals surface area contributed by atoms with Crippen molar-refractivity contribution in [3.05, 3.63) is 34.9 Å². The molecule has 0 atom stereocenters. The van der Waals surface area contributed by atoms with Crippen LogP contribution in [0, 0.1) is 5.92 Å². The van der Waals surface area contributed by atoms with Crippen LogP contribution in [0.25, 0.3) is 0 Å². The number of carbonyl (C=O) groups excluding carboxylic acids is 1. The second kappa shape index (κ2) is 12.9. The quantitative estimate of drug-likeness (QED) is 0.344. The largest absolute Gasteiger partial charge is 0.460 e. The standard InChI is InChI=1S/C22H36O3/c1-5-9-19-15-20(10-6-2)17-21(16-19)22(23)25-14-13-24-12-8-7-11-18(3)4/h15-18H,5-14H2,1-4H3. The second-order valence-corrected chi connectivity index (χ2v) is 7.18. The number of hydrogen-bond acceptors (Lipinski definition) is 3. The molecule has 0 aliphatic carbocycles. The molecule has 142 valence electrons. The number of rotatable bonds is 13. The fraction of sp³-hybridized carbons (Fsp3) is 0.682. The van der Waals surface area contributed by atoms with Crippen molar-refractivity contribution < 1.29 is 14.3 Å². The van der Waals surface area contributed by atoms with Gasteiger partial charge in [0.2, 0.25) is 0 Å². The molecule has 25 heavy (non-hydrogen) atoms. The van der Waals surface area contributed by atoms with E-state index < -0.39 is 0 Å². The molecular formula is C22H36O3. The van der Waals surface area contributed by atoms with Crippen LogP contribution in [-0.4, -0.2) is 25.8 Å². The Kier molecular flexibility index (Phi) is 11.2. The van der Waals surface area contributed by atoms with Gasteiger partial charge in [0.05, 0.1) is 12.2 Å². The first-order valence-corrected chi connectivity index (χ1v) is 9.94. The van der Waals surface area contributed by atoms with Crippen LogP contribution >= 0.6 is 0 Å². The van der Waals surface area contributed by atoms with Crippen molar-refractivity contribution >= 4 is 5.97 Å². The highest BCUT2D eigenvalue weighted by atomic mass is 16.6. The van der Waals surface area contributed by atoms with Crippen molar-refractivity contribution in [2.45, 2.75) is 72.6 Å². The molecule has 0 bridgehead atoms. The van der Waals surface area contributed by atoms with Gasteiger partial charge in [0, 0.05) is 6.61 Å². The summed E-state index contributed by atoms with van der Waals surface area (Å²) < 4.78 is 10.9. The summed E-state index contributed by atoms with van der Waals surface area (Å²) in [5.41, 5.74) is 3.12. The molecular weight excluding hydrogens is 312 g/mol. The van der Waals surface area contributed by atoms with Gasteiger partial charge in [-0.15, -0.1) is 0 Å². The lowest BCUT2D eigenvalue weighted by molar-refractivity contribution is 0.0311. The van der Waals surface area contributed by atoms with Crippen LogP contribution in [0.5, 0.6) is 0 Å². The molecule has 0 radical (unpaired) electrons. The van der Waals surface area contributed by atoms with Crippen LogP contribution in [0.15, 0.2) is 18.2 Å². The topological polar surface area (TPSA) is 35.5 Å². The molecule has 0 unspecified atom stereocenters. The Balaban J connectivity index is 2.36. The number of ether oxygens (including phenoxy) is 2. The Hall–Kier alpha value is -1.35. The first-order chi connectivity index (χ1) is 12.1. The number of carbonyl (C=O) groups is 1. The van der Waals surface area contributed by atoms with E-state index in [9.17, 15) is 4.79 Å². The van der Waals surface area contributed by atoms with E-state index >= 15 is 0 Å². The predicted molar refractivity (Wildman–Crippen MR) is 104 cm³/mol. The minimum Gasteiger partial charge on any atom is -0.460 e. The van der Waals surface area contributed by atoms with Crippen LogP contribution in [-0.2, 0) is 22.3 Å². The third-order valence-electron chi connectivity index (χ3n) is 4.15. The zero-order chi connectivity index (χ0) is 18.5. The first-order valence-electron chi connectivity index (χ1n) is 9.94. The molecule has 1 aromatic carbocycles. The monoisotopic (exact) mass is 348 g/mol. The average molecular weight is 349 g/mol. The molecule has 0 heterocycles. The average Bonchev–Trinajstić information content (AvgIpc) is 2.57. The van der Waals surface area contributed by atoms with E-state index in [0.29, 0.717) is 18.8 Å². The van der Waals surface area contributed by atoms with E-state index in [2.05, 4.69) is 33.8 Å². The fourth-order valence-electron chi connectivity index (χ4n) is 2.88. The summed E-state index contributed by atoms with van der Waals surface area (Å²) in [4.78, 5) is 12.3. The van der Waals surface area contributed by atoms with Crippen LogP contribution < -0.4 is 0 Å². The third-order valence-corrected chi connectivity index (χ3v) is 4.15. The number of unbranched alkanes of at least 4 members (excludes halogenated alkanes) is 1. The van der Waals surface area contributed by atoms with Crippen molar-refractivity contribution in [1.29, 1.82) is 0 Å². The fourth-order valence-corrected chi connectivity index (χ4v) is 2.88. The maximum Gasteiger partial charge on any atom is 0.338 e. The number of esters is 1. The number of aryl methyl sites for hydroxylation is 2. The maximum atomic E-state index is 12.3. The molecule has 0 aromatic heterocycles. The molecule has 0 aliphatic rings. The van der Waals surface area contributed by atoms with Crippen LogP contribution in [0.4, 0.5) is 0 Å². The van der Waals surface area contributed by atoms with Crippen LogP contribution in [0.1, 0.15) is 81.3 Å². The van der Waals surface area contributed by atoms with E-state index in [4.69, 9.17) is 9.47 Å². The first kappa shape index (κ1) is 21.7. The Morgan fingerprint density at radius 1 is 0.920 bits per heavy atom. The zero-order valence-electron chi connectivity index (χ0n) is 16.6. The van der Waals surface area contributed by atoms with Gasteiger partial charge in [0.1, 0.15) is 6.61 Å². The van der Waals surface area contributed by atoms with Gasteiger partial charge in [-0.25, -0.2) is 4.79 Å². The molecule has 0 aliphatic heterocycles. The molecule has 0 N–H and O–H groups in total. The highest BCUT2D eigenvalue weighted by molar-refractivity contribution is 5.89. The van der Waals surface area contributed by atoms with E-state index in [-0.39, 0.29) is 5.97 Å². The van der Waals surface area contributed by atoms with Gasteiger partial charge in [-0.1, -0.05) is 59.4 Å². The molecule has 1 aromatic rings. The SMILES string of the molecule is CCCc1cc(CCC)cc(C(=O)OCCOCCCCC(C)C)c1. The molecule has 0 spiro atoms. The van der Waals surface area contributed by atoms with Gasteiger partial charge in [-0.3, -0.25) is 0 Å². The van der Waals surface area contributed by atoms with E-state index in [1.54, 1.807) is 0 Å². The normalized spacial score (nSPS) is 11.1. The van der Waals surface area contributed by atoms with Gasteiger partial charge < -0.3 is 9.47 Å². The van der Waals surface area contributed by atoms with Crippen molar-refractivity contribution in [2.24, 2.45) is 5.92 Å². The van der Waals surface area contributed by atoms with Crippen LogP contribution in [0.2, 0.25) is 0 Å². The van der Waals surface area contributed by atoms with Crippen molar-refractivity contribution in [2.75, 3.05) is 19.8 Å². The molecule has 3 nitrogen and oxygen atoms in total. The number of benzene rings is 1. The minimum absolute atomic E-state index is 0.237. The summed E-state index contributed by atoms with van der Waals surface area (Å²) in [5.74, 6) is 0.515. The van der Waals surface area contributed by atoms with Gasteiger partial charge in [-0.05, 0) is 48.4 Å². The van der Waals surface area contributed by atoms with E-state index in [0.717, 1.165) is 44.6 Å². The second-order valence-electron chi connectivity index (χ2n) is 7.18. The Bertz CT molecular complexity index is 470. The highest BCUT2D eigenvalue weighted by Gasteiger charge is 2.10. The van der Waals surface area contributed by atoms with Gasteiger partial charge >= 0.3 is 5.97 Å². The smallest absolute Gasteiger partial charge is 0.338 e. The predicted octanol–water partition coefficient (Wildman–Crippen LogP) is 5.59. The summed E-state index contributed by atoms with van der Waals surface area (Å²) in [7, 11) is 0.